The first-order valence-corrected chi connectivity index (χ1v) is 13.0. The van der Waals surface area contributed by atoms with Crippen molar-refractivity contribution in [3.8, 4) is 5.75 Å². The van der Waals surface area contributed by atoms with E-state index in [0.717, 1.165) is 5.75 Å². The lowest BCUT2D eigenvalue weighted by atomic mass is 10.1. The lowest BCUT2D eigenvalue weighted by molar-refractivity contribution is -0.126. The predicted molar refractivity (Wildman–Crippen MR) is 145 cm³/mol. The van der Waals surface area contributed by atoms with Crippen LogP contribution in [0.4, 0.5) is 11.4 Å². The first-order chi connectivity index (χ1) is 18.5. The van der Waals surface area contributed by atoms with Crippen LogP contribution in [0.5, 0.6) is 5.75 Å². The summed E-state index contributed by atoms with van der Waals surface area (Å²) in [7, 11) is 0. The van der Waals surface area contributed by atoms with Crippen LogP contribution < -0.4 is 15.4 Å². The Morgan fingerprint density at radius 1 is 1.05 bits per heavy atom. The fraction of sp³-hybridized carbons (Fsp3) is 0.222. The zero-order chi connectivity index (χ0) is 26.5. The third-order valence-electron chi connectivity index (χ3n) is 5.81. The maximum atomic E-state index is 12.9. The number of hydrogen-bond donors (Lipinski definition) is 2. The fourth-order valence-corrected chi connectivity index (χ4v) is 4.93. The number of furan rings is 1. The molecular weight excluding hydrogens is 506 g/mol. The van der Waals surface area contributed by atoms with Crippen molar-refractivity contribution in [1.29, 1.82) is 0 Å². The van der Waals surface area contributed by atoms with Crippen LogP contribution in [0.15, 0.2) is 81.3 Å². The number of aliphatic imine (C=N–C) groups is 2. The van der Waals surface area contributed by atoms with Crippen LogP contribution in [0.3, 0.4) is 0 Å². The van der Waals surface area contributed by atoms with E-state index in [2.05, 4.69) is 15.6 Å². The van der Waals surface area contributed by atoms with E-state index in [-0.39, 0.29) is 30.5 Å². The monoisotopic (exact) mass is 531 g/mol. The molecule has 1 unspecified atom stereocenters. The number of ether oxygens (including phenoxy) is 1. The number of rotatable bonds is 9. The van der Waals surface area contributed by atoms with E-state index in [0.29, 0.717) is 40.3 Å². The van der Waals surface area contributed by atoms with Crippen molar-refractivity contribution in [1.82, 2.24) is 10.2 Å². The van der Waals surface area contributed by atoms with Crippen molar-refractivity contribution < 1.29 is 23.5 Å². The van der Waals surface area contributed by atoms with Gasteiger partial charge in [-0.1, -0.05) is 23.9 Å². The average Bonchev–Trinajstić information content (AvgIpc) is 3.56. The molecule has 0 radical (unpaired) electrons. The minimum absolute atomic E-state index is 0.0452. The number of para-hydroxylation sites is 1. The Bertz CT molecular complexity index is 1400. The lowest BCUT2D eigenvalue weighted by Crippen LogP contribution is -2.46. The third kappa shape index (κ3) is 5.62. The summed E-state index contributed by atoms with van der Waals surface area (Å²) in [5, 5.41) is 6.05. The smallest absolute Gasteiger partial charge is 0.271 e. The molecule has 1 atom stereocenters. The summed E-state index contributed by atoms with van der Waals surface area (Å²) in [6, 6.07) is 17.1. The molecule has 3 heterocycles. The van der Waals surface area contributed by atoms with Crippen molar-refractivity contribution in [3.05, 3.63) is 78.3 Å². The number of benzene rings is 2. The molecule has 0 fully saturated rings. The van der Waals surface area contributed by atoms with Crippen molar-refractivity contribution >= 4 is 51.9 Å². The van der Waals surface area contributed by atoms with Crippen LogP contribution >= 0.6 is 11.8 Å². The van der Waals surface area contributed by atoms with Crippen LogP contribution in [0.1, 0.15) is 24.7 Å². The maximum Gasteiger partial charge on any atom is 0.271 e. The number of thioether (sulfide) groups is 1. The standard InChI is InChI=1S/C27H25N5O5S/c1-2-36-18-11-9-17(10-12-18)29-24(34)16-38-27-30-21-8-4-3-7-20(21)25-31-26(35)22(32(25)27)14-23(33)28-15-19-6-5-13-37-19/h3-13,22H,2,14-16H2,1H3,(H,28,33)(H,29,34). The summed E-state index contributed by atoms with van der Waals surface area (Å²) in [5.41, 5.74) is 1.98. The third-order valence-corrected chi connectivity index (χ3v) is 6.76. The highest BCUT2D eigenvalue weighted by Gasteiger charge is 2.42. The molecule has 194 valence electrons. The maximum absolute atomic E-state index is 12.9. The second kappa shape index (κ2) is 11.3. The molecule has 2 aliphatic rings. The normalized spacial score (nSPS) is 15.8. The van der Waals surface area contributed by atoms with Crippen LogP contribution in [-0.4, -0.2) is 52.0 Å². The van der Waals surface area contributed by atoms with E-state index in [1.165, 1.54) is 18.0 Å². The van der Waals surface area contributed by atoms with Gasteiger partial charge in [-0.15, -0.1) is 0 Å². The summed E-state index contributed by atoms with van der Waals surface area (Å²) < 4.78 is 10.7. The van der Waals surface area contributed by atoms with Gasteiger partial charge in [0.1, 0.15) is 23.4 Å². The second-order valence-electron chi connectivity index (χ2n) is 8.43. The Morgan fingerprint density at radius 3 is 2.63 bits per heavy atom. The fourth-order valence-electron chi connectivity index (χ4n) is 4.08. The zero-order valence-electron chi connectivity index (χ0n) is 20.5. The number of nitrogens with one attached hydrogen (secondary N) is 2. The van der Waals surface area contributed by atoms with E-state index >= 15 is 0 Å². The van der Waals surface area contributed by atoms with Crippen molar-refractivity contribution in [2.45, 2.75) is 25.9 Å². The summed E-state index contributed by atoms with van der Waals surface area (Å²) in [6.45, 7) is 2.68. The highest BCUT2D eigenvalue weighted by atomic mass is 32.2. The molecule has 0 saturated carbocycles. The zero-order valence-corrected chi connectivity index (χ0v) is 21.4. The number of nitrogens with zero attached hydrogens (tertiary/aromatic N) is 3. The van der Waals surface area contributed by atoms with Gasteiger partial charge in [-0.2, -0.15) is 4.99 Å². The minimum atomic E-state index is -0.865. The van der Waals surface area contributed by atoms with Gasteiger partial charge in [0, 0.05) is 11.3 Å². The molecular formula is C27H25N5O5S. The first kappa shape index (κ1) is 25.3. The van der Waals surface area contributed by atoms with E-state index < -0.39 is 11.9 Å². The molecule has 2 aliphatic heterocycles. The molecule has 11 heteroatoms. The summed E-state index contributed by atoms with van der Waals surface area (Å²) in [5.74, 6) is 0.806. The van der Waals surface area contributed by atoms with E-state index in [9.17, 15) is 14.4 Å². The van der Waals surface area contributed by atoms with Gasteiger partial charge in [0.15, 0.2) is 5.17 Å². The molecule has 0 aliphatic carbocycles. The quantitative estimate of drug-likeness (QED) is 0.431. The predicted octanol–water partition coefficient (Wildman–Crippen LogP) is 3.72. The molecule has 0 bridgehead atoms. The van der Waals surface area contributed by atoms with Crippen LogP contribution in [0.25, 0.3) is 0 Å². The summed E-state index contributed by atoms with van der Waals surface area (Å²) >= 11 is 1.18. The number of fused-ring (bicyclic) bond motifs is 3. The number of hydrogen-bond acceptors (Lipinski definition) is 8. The lowest BCUT2D eigenvalue weighted by Gasteiger charge is -2.30. The van der Waals surface area contributed by atoms with Gasteiger partial charge < -0.3 is 19.8 Å². The van der Waals surface area contributed by atoms with Gasteiger partial charge in [-0.05, 0) is 55.5 Å². The Balaban J connectivity index is 1.29. The Labute approximate surface area is 223 Å². The van der Waals surface area contributed by atoms with E-state index in [4.69, 9.17) is 14.1 Å². The second-order valence-corrected chi connectivity index (χ2v) is 9.37. The minimum Gasteiger partial charge on any atom is -0.494 e. The Hall–Kier alpha value is -4.38. The molecule has 0 spiro atoms. The Kier molecular flexibility index (Phi) is 7.55. The first-order valence-electron chi connectivity index (χ1n) is 12.1. The Morgan fingerprint density at radius 2 is 1.87 bits per heavy atom. The number of carbonyl (C=O) groups excluding carboxylic acids is 3. The van der Waals surface area contributed by atoms with Crippen LogP contribution in [-0.2, 0) is 20.9 Å². The highest BCUT2D eigenvalue weighted by Crippen LogP contribution is 2.35. The molecule has 2 N–H and O–H groups in total. The number of amidine groups is 2. The van der Waals surface area contributed by atoms with Gasteiger partial charge >= 0.3 is 0 Å². The molecule has 2 aromatic carbocycles. The number of anilines is 1. The molecule has 5 rings (SSSR count). The molecule has 0 saturated heterocycles. The van der Waals surface area contributed by atoms with Crippen molar-refractivity contribution in [2.75, 3.05) is 17.7 Å². The van der Waals surface area contributed by atoms with Gasteiger partial charge in [0.2, 0.25) is 11.8 Å². The molecule has 3 amide bonds. The molecule has 1 aromatic heterocycles. The van der Waals surface area contributed by atoms with Gasteiger partial charge in [-0.3, -0.25) is 19.3 Å². The molecule has 3 aromatic rings. The van der Waals surface area contributed by atoms with Gasteiger partial charge in [0.25, 0.3) is 5.91 Å². The summed E-state index contributed by atoms with van der Waals surface area (Å²) in [4.78, 5) is 49.0. The highest BCUT2D eigenvalue weighted by molar-refractivity contribution is 8.14. The summed E-state index contributed by atoms with van der Waals surface area (Å²) in [6.07, 6.45) is 1.41. The van der Waals surface area contributed by atoms with E-state index in [1.807, 2.05) is 31.2 Å². The van der Waals surface area contributed by atoms with Crippen LogP contribution in [0, 0.1) is 0 Å². The van der Waals surface area contributed by atoms with Crippen LogP contribution in [0.2, 0.25) is 0 Å². The average molecular weight is 532 g/mol. The largest absolute Gasteiger partial charge is 0.494 e. The SMILES string of the molecule is CCOc1ccc(NC(=O)CSC2=Nc3ccccc3C3=NC(=O)C(CC(=O)NCc4ccco4)N23)cc1. The molecule has 38 heavy (non-hydrogen) atoms. The van der Waals surface area contributed by atoms with Gasteiger partial charge in [0.05, 0.1) is 37.3 Å². The number of amides is 3. The van der Waals surface area contributed by atoms with Gasteiger partial charge in [-0.25, -0.2) is 4.99 Å². The topological polar surface area (TPSA) is 126 Å². The molecule has 10 nitrogen and oxygen atoms in total. The van der Waals surface area contributed by atoms with Crippen molar-refractivity contribution in [2.24, 2.45) is 9.98 Å². The number of carbonyl (C=O) groups is 3. The van der Waals surface area contributed by atoms with E-state index in [1.54, 1.807) is 41.3 Å². The van der Waals surface area contributed by atoms with Crippen molar-refractivity contribution in [3.63, 3.8) is 0 Å².